The van der Waals surface area contributed by atoms with Gasteiger partial charge < -0.3 is 9.26 Å². The Labute approximate surface area is 181 Å². The minimum absolute atomic E-state index is 0.00197. The van der Waals surface area contributed by atoms with Gasteiger partial charge in [-0.25, -0.2) is 12.8 Å². The van der Waals surface area contributed by atoms with Gasteiger partial charge in [0.1, 0.15) is 16.5 Å². The second kappa shape index (κ2) is 7.82. The lowest BCUT2D eigenvalue weighted by Crippen LogP contribution is -2.38. The van der Waals surface area contributed by atoms with Gasteiger partial charge in [0.05, 0.1) is 22.9 Å². The minimum Gasteiger partial charge on any atom is -0.482 e. The van der Waals surface area contributed by atoms with E-state index in [-0.39, 0.29) is 51.9 Å². The summed E-state index contributed by atoms with van der Waals surface area (Å²) in [5, 5.41) is 3.65. The summed E-state index contributed by atoms with van der Waals surface area (Å²) in [7, 11) is -4.13. The number of carbonyl (C=O) groups is 1. The first kappa shape index (κ1) is 21.1. The van der Waals surface area contributed by atoms with Crippen LogP contribution < -0.4 is 14.4 Å². The van der Waals surface area contributed by atoms with Crippen LogP contribution in [0.25, 0.3) is 0 Å². The summed E-state index contributed by atoms with van der Waals surface area (Å²) >= 11 is 6.27. The average molecular weight is 467 g/mol. The first-order valence-electron chi connectivity index (χ1n) is 8.99. The van der Waals surface area contributed by atoms with Crippen LogP contribution in [0.3, 0.4) is 0 Å². The molecule has 1 aliphatic rings. The Morgan fingerprint density at radius 1 is 1.26 bits per heavy atom. The molecule has 0 bridgehead atoms. The summed E-state index contributed by atoms with van der Waals surface area (Å²) < 4.78 is 51.9. The van der Waals surface area contributed by atoms with E-state index in [1.165, 1.54) is 29.2 Å². The number of sulfonamides is 1. The maximum Gasteiger partial charge on any atom is 0.265 e. The Morgan fingerprint density at radius 2 is 2.03 bits per heavy atom. The van der Waals surface area contributed by atoms with E-state index >= 15 is 0 Å². The molecular formula is C19H16ClFN4O5S. The summed E-state index contributed by atoms with van der Waals surface area (Å²) in [6, 6.07) is 6.23. The van der Waals surface area contributed by atoms with Gasteiger partial charge in [-0.1, -0.05) is 16.8 Å². The monoisotopic (exact) mass is 466 g/mol. The van der Waals surface area contributed by atoms with Crippen LogP contribution in [0.2, 0.25) is 5.02 Å². The molecule has 1 aliphatic heterocycles. The van der Waals surface area contributed by atoms with Gasteiger partial charge in [-0.2, -0.15) is 4.98 Å². The second-order valence-corrected chi connectivity index (χ2v) is 8.87. The van der Waals surface area contributed by atoms with E-state index < -0.39 is 15.8 Å². The predicted octanol–water partition coefficient (Wildman–Crippen LogP) is 3.21. The number of fused-ring (bicyclic) bond motifs is 1. The van der Waals surface area contributed by atoms with Crippen LogP contribution in [0, 0.1) is 19.7 Å². The van der Waals surface area contributed by atoms with Crippen LogP contribution in [-0.4, -0.2) is 31.1 Å². The topological polar surface area (TPSA) is 115 Å². The molecule has 0 saturated carbocycles. The zero-order valence-electron chi connectivity index (χ0n) is 16.3. The highest BCUT2D eigenvalue weighted by Crippen LogP contribution is 2.39. The molecule has 4 rings (SSSR count). The Hall–Kier alpha value is -3.18. The maximum absolute atomic E-state index is 13.3. The number of carbonyl (C=O) groups excluding carboxylic acids is 1. The highest BCUT2D eigenvalue weighted by molar-refractivity contribution is 7.92. The van der Waals surface area contributed by atoms with Crippen LogP contribution >= 0.6 is 11.6 Å². The van der Waals surface area contributed by atoms with Crippen LogP contribution in [-0.2, 0) is 21.4 Å². The van der Waals surface area contributed by atoms with Crippen molar-refractivity contribution in [3.05, 3.63) is 58.5 Å². The summed E-state index contributed by atoms with van der Waals surface area (Å²) in [5.41, 5.74) is 0.891. The molecule has 9 nitrogen and oxygen atoms in total. The average Bonchev–Trinajstić information content (AvgIpc) is 3.11. The Morgan fingerprint density at radius 3 is 2.71 bits per heavy atom. The summed E-state index contributed by atoms with van der Waals surface area (Å²) in [4.78, 5) is 17.5. The molecule has 31 heavy (non-hydrogen) atoms. The highest BCUT2D eigenvalue weighted by atomic mass is 35.5. The number of hydrogen-bond acceptors (Lipinski definition) is 7. The van der Waals surface area contributed by atoms with Gasteiger partial charge in [0.25, 0.3) is 15.9 Å². The predicted molar refractivity (Wildman–Crippen MR) is 109 cm³/mol. The van der Waals surface area contributed by atoms with Crippen LogP contribution in [0.4, 0.5) is 15.8 Å². The Bertz CT molecular complexity index is 1290. The van der Waals surface area contributed by atoms with Crippen LogP contribution in [0.5, 0.6) is 5.75 Å². The van der Waals surface area contributed by atoms with Gasteiger partial charge in [0.2, 0.25) is 5.89 Å². The van der Waals surface area contributed by atoms with E-state index in [1.807, 2.05) is 0 Å². The molecule has 1 aromatic heterocycles. The zero-order chi connectivity index (χ0) is 22.3. The van der Waals surface area contributed by atoms with Crippen molar-refractivity contribution < 1.29 is 26.9 Å². The lowest BCUT2D eigenvalue weighted by Gasteiger charge is -2.29. The number of halogens is 2. The van der Waals surface area contributed by atoms with Gasteiger partial charge >= 0.3 is 0 Å². The SMILES string of the molecule is Cc1nc(CN2C(=O)COc3cc(S(=O)(=O)Nc4ccc(F)cc4C)c(Cl)cc32)no1. The lowest BCUT2D eigenvalue weighted by atomic mass is 10.2. The molecule has 12 heteroatoms. The van der Waals surface area contributed by atoms with Crippen molar-refractivity contribution in [1.29, 1.82) is 0 Å². The molecule has 1 N–H and O–H groups in total. The van der Waals surface area contributed by atoms with E-state index in [0.717, 1.165) is 6.07 Å². The number of aromatic nitrogens is 2. The molecule has 3 aromatic rings. The van der Waals surface area contributed by atoms with Crippen molar-refractivity contribution in [2.75, 3.05) is 16.2 Å². The number of benzene rings is 2. The second-order valence-electron chi connectivity index (χ2n) is 6.81. The molecule has 0 aliphatic carbocycles. The van der Waals surface area contributed by atoms with Crippen molar-refractivity contribution in [1.82, 2.24) is 10.1 Å². The van der Waals surface area contributed by atoms with Gasteiger partial charge in [-0.05, 0) is 36.8 Å². The largest absolute Gasteiger partial charge is 0.482 e. The van der Waals surface area contributed by atoms with E-state index in [9.17, 15) is 17.6 Å². The number of amides is 1. The van der Waals surface area contributed by atoms with E-state index in [4.69, 9.17) is 20.9 Å². The van der Waals surface area contributed by atoms with Crippen LogP contribution in [0.15, 0.2) is 39.8 Å². The van der Waals surface area contributed by atoms with Crippen LogP contribution in [0.1, 0.15) is 17.3 Å². The molecule has 2 aromatic carbocycles. The minimum atomic E-state index is -4.13. The number of rotatable bonds is 5. The Balaban J connectivity index is 1.69. The molecule has 0 radical (unpaired) electrons. The quantitative estimate of drug-likeness (QED) is 0.614. The smallest absolute Gasteiger partial charge is 0.265 e. The highest BCUT2D eigenvalue weighted by Gasteiger charge is 2.31. The number of hydrogen-bond donors (Lipinski definition) is 1. The van der Waals surface area contributed by atoms with Gasteiger partial charge in [-0.15, -0.1) is 0 Å². The van der Waals surface area contributed by atoms with E-state index in [1.54, 1.807) is 13.8 Å². The first-order valence-corrected chi connectivity index (χ1v) is 10.8. The Kier molecular flexibility index (Phi) is 5.31. The summed E-state index contributed by atoms with van der Waals surface area (Å²) in [6.07, 6.45) is 0. The number of nitrogens with one attached hydrogen (secondary N) is 1. The lowest BCUT2D eigenvalue weighted by molar-refractivity contribution is -0.121. The molecule has 0 spiro atoms. The fraction of sp³-hybridized carbons (Fsp3) is 0.211. The van der Waals surface area contributed by atoms with E-state index in [0.29, 0.717) is 11.5 Å². The number of anilines is 2. The third-order valence-corrected chi connectivity index (χ3v) is 6.38. The number of aryl methyl sites for hydroxylation is 2. The van der Waals surface area contributed by atoms with Gasteiger partial charge in [0.15, 0.2) is 12.4 Å². The molecule has 162 valence electrons. The number of nitrogens with zero attached hydrogens (tertiary/aromatic N) is 3. The van der Waals surface area contributed by atoms with Gasteiger partial charge in [0, 0.05) is 13.0 Å². The van der Waals surface area contributed by atoms with Crippen molar-refractivity contribution in [3.8, 4) is 5.75 Å². The third kappa shape index (κ3) is 4.19. The normalized spacial score (nSPS) is 13.7. The van der Waals surface area contributed by atoms with Crippen molar-refractivity contribution in [3.63, 3.8) is 0 Å². The molecule has 0 saturated heterocycles. The molecule has 1 amide bonds. The fourth-order valence-electron chi connectivity index (χ4n) is 3.07. The maximum atomic E-state index is 13.3. The molecule has 2 heterocycles. The molecular weight excluding hydrogens is 451 g/mol. The summed E-state index contributed by atoms with van der Waals surface area (Å²) in [5.74, 6) is -0.0816. The molecule has 0 fully saturated rings. The third-order valence-electron chi connectivity index (χ3n) is 4.55. The van der Waals surface area contributed by atoms with Crippen molar-refractivity contribution in [2.45, 2.75) is 25.3 Å². The fourth-order valence-corrected chi connectivity index (χ4v) is 4.74. The number of ether oxygens (including phenoxy) is 1. The molecule has 0 unspecified atom stereocenters. The summed E-state index contributed by atoms with van der Waals surface area (Å²) in [6.45, 7) is 2.90. The van der Waals surface area contributed by atoms with E-state index in [2.05, 4.69) is 14.9 Å². The van der Waals surface area contributed by atoms with Crippen molar-refractivity contribution >= 4 is 38.9 Å². The standard InChI is InChI=1S/C19H16ClFN4O5S/c1-10-5-12(21)3-4-14(10)24-31(27,28)17-7-16-15(6-13(17)20)25(19(26)9-29-16)8-18-22-11(2)30-23-18/h3-7,24H,8-9H2,1-2H3. The van der Waals surface area contributed by atoms with Crippen molar-refractivity contribution in [2.24, 2.45) is 0 Å². The van der Waals surface area contributed by atoms with Gasteiger partial charge in [-0.3, -0.25) is 14.4 Å². The first-order chi connectivity index (χ1) is 14.6. The molecule has 0 atom stereocenters. The zero-order valence-corrected chi connectivity index (χ0v) is 17.9.